The second-order valence-corrected chi connectivity index (χ2v) is 11.0. The summed E-state index contributed by atoms with van der Waals surface area (Å²) in [6, 6.07) is 9.50. The molecule has 0 saturated carbocycles. The molecule has 11 nitrogen and oxygen atoms in total. The zero-order valence-electron chi connectivity index (χ0n) is 19.0. The van der Waals surface area contributed by atoms with Crippen molar-refractivity contribution in [3.05, 3.63) is 75.8 Å². The molecule has 13 heteroatoms. The minimum atomic E-state index is -4.97. The Labute approximate surface area is 206 Å². The lowest BCUT2D eigenvalue weighted by Crippen LogP contribution is -2.25. The second kappa shape index (κ2) is 8.80. The van der Waals surface area contributed by atoms with Crippen molar-refractivity contribution in [2.24, 2.45) is 0 Å². The maximum atomic E-state index is 13.5. The van der Waals surface area contributed by atoms with Crippen molar-refractivity contribution in [1.82, 2.24) is 5.32 Å². The monoisotopic (exact) mass is 531 g/mol. The number of nitrogen functional groups attached to an aromatic ring is 1. The number of anilines is 3. The van der Waals surface area contributed by atoms with Crippen LogP contribution in [0.15, 0.2) is 52.3 Å². The number of carbonyl (C=O) groups excluding carboxylic acids is 2. The number of aryl methyl sites for hydroxylation is 1. The minimum Gasteiger partial charge on any atom is -0.397 e. The predicted molar refractivity (Wildman–Crippen MR) is 131 cm³/mol. The predicted octanol–water partition coefficient (Wildman–Crippen LogP) is 2.31. The van der Waals surface area contributed by atoms with Gasteiger partial charge in [0.25, 0.3) is 20.2 Å². The number of fused-ring (bicyclic) bond motifs is 2. The quantitative estimate of drug-likeness (QED) is 0.181. The van der Waals surface area contributed by atoms with Crippen LogP contribution in [-0.2, 0) is 26.8 Å². The van der Waals surface area contributed by atoms with Crippen LogP contribution in [0, 0.1) is 6.92 Å². The molecule has 0 fully saturated rings. The van der Waals surface area contributed by atoms with Crippen molar-refractivity contribution in [2.45, 2.75) is 23.3 Å². The highest BCUT2D eigenvalue weighted by Crippen LogP contribution is 2.41. The molecule has 0 saturated heterocycles. The number of hydrogen-bond donors (Lipinski definition) is 5. The van der Waals surface area contributed by atoms with Crippen molar-refractivity contribution in [3.8, 4) is 0 Å². The van der Waals surface area contributed by atoms with Crippen molar-refractivity contribution < 1.29 is 35.5 Å². The third kappa shape index (κ3) is 4.27. The smallest absolute Gasteiger partial charge is 0.296 e. The number of hydrogen-bond acceptors (Lipinski definition) is 9. The molecule has 0 atom stereocenters. The standard InChI is InChI=1S/C23H21N3O8S2/c1-11-7-12(10-25-2)21(17(8-11)36(32,33)34)26-15-9-16(35(29,30)31)20(24)19-18(15)22(27)13-5-3-4-6-14(13)23(19)28/h3-9,25-26H,10,24H2,1-2H3,(H,29,30,31)(H,32,33,34). The van der Waals surface area contributed by atoms with Crippen molar-refractivity contribution >= 4 is 48.9 Å². The molecule has 0 spiro atoms. The zero-order chi connectivity index (χ0) is 26.6. The number of benzene rings is 3. The van der Waals surface area contributed by atoms with E-state index in [1.807, 2.05) is 0 Å². The van der Waals surface area contributed by atoms with Crippen LogP contribution in [0.4, 0.5) is 17.1 Å². The van der Waals surface area contributed by atoms with Crippen LogP contribution in [0.5, 0.6) is 0 Å². The first-order valence-electron chi connectivity index (χ1n) is 10.4. The van der Waals surface area contributed by atoms with Gasteiger partial charge in [-0.15, -0.1) is 0 Å². The Hall–Kier alpha value is -3.62. The first-order chi connectivity index (χ1) is 16.8. The van der Waals surface area contributed by atoms with Gasteiger partial charge in [0.1, 0.15) is 9.79 Å². The van der Waals surface area contributed by atoms with Crippen LogP contribution < -0.4 is 16.4 Å². The minimum absolute atomic E-state index is 0.00929. The van der Waals surface area contributed by atoms with E-state index in [4.69, 9.17) is 5.73 Å². The Balaban J connectivity index is 2.09. The van der Waals surface area contributed by atoms with Gasteiger partial charge < -0.3 is 16.4 Å². The highest BCUT2D eigenvalue weighted by molar-refractivity contribution is 7.86. The number of carbonyl (C=O) groups is 2. The molecule has 0 aromatic heterocycles. The molecule has 4 rings (SSSR count). The Morgan fingerprint density at radius 3 is 1.94 bits per heavy atom. The molecular weight excluding hydrogens is 510 g/mol. The van der Waals surface area contributed by atoms with Gasteiger partial charge in [0, 0.05) is 17.7 Å². The summed E-state index contributed by atoms with van der Waals surface area (Å²) in [4.78, 5) is 25.4. The van der Waals surface area contributed by atoms with Gasteiger partial charge in [-0.05, 0) is 37.2 Å². The number of nitrogens with one attached hydrogen (secondary N) is 2. The van der Waals surface area contributed by atoms with Gasteiger partial charge in [-0.2, -0.15) is 16.8 Å². The summed E-state index contributed by atoms with van der Waals surface area (Å²) in [5.74, 6) is -1.42. The Bertz CT molecular complexity index is 1680. The molecule has 36 heavy (non-hydrogen) atoms. The molecule has 1 aliphatic rings. The van der Waals surface area contributed by atoms with E-state index in [1.165, 1.54) is 24.3 Å². The lowest BCUT2D eigenvalue weighted by molar-refractivity contribution is 0.0980. The topological polar surface area (TPSA) is 193 Å². The van der Waals surface area contributed by atoms with Gasteiger partial charge in [0.2, 0.25) is 0 Å². The summed E-state index contributed by atoms with van der Waals surface area (Å²) in [7, 11) is -8.17. The van der Waals surface area contributed by atoms with Gasteiger partial charge in [-0.3, -0.25) is 18.7 Å². The molecule has 3 aromatic carbocycles. The van der Waals surface area contributed by atoms with Crippen molar-refractivity contribution in [2.75, 3.05) is 18.1 Å². The van der Waals surface area contributed by atoms with Crippen LogP contribution >= 0.6 is 0 Å². The van der Waals surface area contributed by atoms with Crippen molar-refractivity contribution in [3.63, 3.8) is 0 Å². The molecule has 0 radical (unpaired) electrons. The molecule has 188 valence electrons. The molecule has 1 aliphatic carbocycles. The van der Waals surface area contributed by atoms with Gasteiger partial charge in [-0.25, -0.2) is 0 Å². The molecule has 0 heterocycles. The van der Waals surface area contributed by atoms with E-state index in [2.05, 4.69) is 10.6 Å². The van der Waals surface area contributed by atoms with E-state index in [9.17, 15) is 35.5 Å². The maximum absolute atomic E-state index is 13.5. The van der Waals surface area contributed by atoms with Crippen LogP contribution in [0.25, 0.3) is 0 Å². The van der Waals surface area contributed by atoms with Crippen LogP contribution in [0.2, 0.25) is 0 Å². The largest absolute Gasteiger partial charge is 0.397 e. The maximum Gasteiger partial charge on any atom is 0.296 e. The van der Waals surface area contributed by atoms with E-state index in [-0.39, 0.29) is 34.6 Å². The van der Waals surface area contributed by atoms with Gasteiger partial charge >= 0.3 is 0 Å². The van der Waals surface area contributed by atoms with Crippen molar-refractivity contribution in [1.29, 1.82) is 0 Å². The van der Waals surface area contributed by atoms with E-state index in [1.54, 1.807) is 26.1 Å². The normalized spacial score (nSPS) is 13.3. The molecule has 6 N–H and O–H groups in total. The highest BCUT2D eigenvalue weighted by atomic mass is 32.2. The fourth-order valence-corrected chi connectivity index (χ4v) is 5.66. The summed E-state index contributed by atoms with van der Waals surface area (Å²) < 4.78 is 68.4. The highest BCUT2D eigenvalue weighted by Gasteiger charge is 2.37. The lowest BCUT2D eigenvalue weighted by atomic mass is 9.82. The molecule has 3 aromatic rings. The molecule has 0 bridgehead atoms. The van der Waals surface area contributed by atoms with E-state index in [0.29, 0.717) is 11.1 Å². The fraction of sp³-hybridized carbons (Fsp3) is 0.130. The Morgan fingerprint density at radius 1 is 0.861 bits per heavy atom. The lowest BCUT2D eigenvalue weighted by Gasteiger charge is -2.25. The molecule has 0 amide bonds. The van der Waals surface area contributed by atoms with Gasteiger partial charge in [-0.1, -0.05) is 30.3 Å². The molecular formula is C23H21N3O8S2. The summed E-state index contributed by atoms with van der Waals surface area (Å²) in [6.07, 6.45) is 0. The van der Waals surface area contributed by atoms with E-state index in [0.717, 1.165) is 6.07 Å². The summed E-state index contributed by atoms with van der Waals surface area (Å²) in [6.45, 7) is 1.73. The van der Waals surface area contributed by atoms with E-state index >= 15 is 0 Å². The Kier molecular flexibility index (Phi) is 6.22. The SMILES string of the molecule is CNCc1cc(C)cc(S(=O)(=O)O)c1Nc1cc(S(=O)(=O)O)c(N)c2c1C(=O)c1ccccc1C2=O. The first-order valence-corrected chi connectivity index (χ1v) is 13.3. The summed E-state index contributed by atoms with van der Waals surface area (Å²) in [5, 5.41) is 5.58. The Morgan fingerprint density at radius 2 is 1.42 bits per heavy atom. The van der Waals surface area contributed by atoms with Crippen LogP contribution in [-0.4, -0.2) is 44.6 Å². The average Bonchev–Trinajstić information content (AvgIpc) is 2.78. The average molecular weight is 532 g/mol. The number of rotatable bonds is 6. The molecule has 0 aliphatic heterocycles. The first kappa shape index (κ1) is 25.5. The van der Waals surface area contributed by atoms with Gasteiger partial charge in [0.15, 0.2) is 11.6 Å². The third-order valence-corrected chi connectivity index (χ3v) is 7.48. The van der Waals surface area contributed by atoms with Gasteiger partial charge in [0.05, 0.1) is 28.2 Å². The van der Waals surface area contributed by atoms with Crippen LogP contribution in [0.3, 0.4) is 0 Å². The fourth-order valence-electron chi connectivity index (χ4n) is 4.24. The zero-order valence-corrected chi connectivity index (χ0v) is 20.6. The number of ketones is 2. The summed E-state index contributed by atoms with van der Waals surface area (Å²) in [5.41, 5.74) is 5.00. The van der Waals surface area contributed by atoms with E-state index < -0.39 is 52.8 Å². The third-order valence-electron chi connectivity index (χ3n) is 5.71. The second-order valence-electron chi connectivity index (χ2n) is 8.19. The number of nitrogens with two attached hydrogens (primary N) is 1. The molecule has 0 unspecified atom stereocenters. The summed E-state index contributed by atoms with van der Waals surface area (Å²) >= 11 is 0. The van der Waals surface area contributed by atoms with Crippen LogP contribution in [0.1, 0.15) is 43.0 Å².